The lowest BCUT2D eigenvalue weighted by molar-refractivity contribution is 0.100. The molecule has 0 bridgehead atoms. The Kier molecular flexibility index (Phi) is 5.24. The van der Waals surface area contributed by atoms with Crippen molar-refractivity contribution in [1.29, 1.82) is 0 Å². The van der Waals surface area contributed by atoms with Crippen molar-refractivity contribution in [3.05, 3.63) is 83.6 Å². The SMILES string of the molecule is Cn1c(CC[C@@H]2CCCN2Cc2cccc3ccccc23)cc2ccc(C(N)=O)cc21. The van der Waals surface area contributed by atoms with E-state index in [9.17, 15) is 4.79 Å². The topological polar surface area (TPSA) is 51.3 Å². The molecule has 4 heteroatoms. The molecule has 1 saturated heterocycles. The van der Waals surface area contributed by atoms with E-state index in [0.29, 0.717) is 11.6 Å². The Balaban J connectivity index is 1.32. The number of hydrogen-bond donors (Lipinski definition) is 1. The van der Waals surface area contributed by atoms with Crippen LogP contribution in [-0.4, -0.2) is 28.0 Å². The fraction of sp³-hybridized carbons (Fsp3) is 0.296. The number of hydrogen-bond acceptors (Lipinski definition) is 2. The lowest BCUT2D eigenvalue weighted by atomic mass is 10.0. The molecule has 31 heavy (non-hydrogen) atoms. The van der Waals surface area contributed by atoms with Gasteiger partial charge in [-0.15, -0.1) is 0 Å². The van der Waals surface area contributed by atoms with Crippen LogP contribution in [0, 0.1) is 0 Å². The maximum atomic E-state index is 11.5. The summed E-state index contributed by atoms with van der Waals surface area (Å²) in [6.07, 6.45) is 4.72. The van der Waals surface area contributed by atoms with E-state index < -0.39 is 0 Å². The van der Waals surface area contributed by atoms with Gasteiger partial charge in [0.15, 0.2) is 0 Å². The largest absolute Gasteiger partial charge is 0.366 e. The number of nitrogens with zero attached hydrogens (tertiary/aromatic N) is 2. The number of rotatable bonds is 6. The Labute approximate surface area is 183 Å². The number of primary amides is 1. The first-order chi connectivity index (χ1) is 15.1. The van der Waals surface area contributed by atoms with Crippen LogP contribution in [-0.2, 0) is 20.0 Å². The molecule has 3 aromatic carbocycles. The summed E-state index contributed by atoms with van der Waals surface area (Å²) in [4.78, 5) is 14.2. The molecular weight excluding hydrogens is 382 g/mol. The van der Waals surface area contributed by atoms with Crippen molar-refractivity contribution in [2.75, 3.05) is 6.54 Å². The molecule has 2 N–H and O–H groups in total. The molecular formula is C27H29N3O. The monoisotopic (exact) mass is 411 g/mol. The van der Waals surface area contributed by atoms with Crippen molar-refractivity contribution in [3.8, 4) is 0 Å². The fourth-order valence-electron chi connectivity index (χ4n) is 5.17. The average molecular weight is 412 g/mol. The number of amides is 1. The average Bonchev–Trinajstić information content (AvgIpc) is 3.36. The fourth-order valence-corrected chi connectivity index (χ4v) is 5.17. The van der Waals surface area contributed by atoms with Crippen molar-refractivity contribution in [3.63, 3.8) is 0 Å². The van der Waals surface area contributed by atoms with Gasteiger partial charge in [0.2, 0.25) is 5.91 Å². The molecule has 158 valence electrons. The van der Waals surface area contributed by atoms with E-state index in [1.165, 1.54) is 46.8 Å². The highest BCUT2D eigenvalue weighted by Gasteiger charge is 2.25. The van der Waals surface area contributed by atoms with Crippen LogP contribution in [0.3, 0.4) is 0 Å². The molecule has 0 radical (unpaired) electrons. The number of likely N-dealkylation sites (tertiary alicyclic amines) is 1. The number of aryl methyl sites for hydroxylation is 2. The molecule has 0 unspecified atom stereocenters. The molecule has 1 amide bonds. The van der Waals surface area contributed by atoms with Gasteiger partial charge in [-0.1, -0.05) is 48.5 Å². The zero-order chi connectivity index (χ0) is 21.4. The van der Waals surface area contributed by atoms with E-state index in [2.05, 4.69) is 65.0 Å². The zero-order valence-corrected chi connectivity index (χ0v) is 18.1. The third-order valence-electron chi connectivity index (χ3n) is 6.92. The van der Waals surface area contributed by atoms with Crippen molar-refractivity contribution in [1.82, 2.24) is 9.47 Å². The van der Waals surface area contributed by atoms with Crippen molar-refractivity contribution >= 4 is 27.6 Å². The second-order valence-electron chi connectivity index (χ2n) is 8.78. The highest BCUT2D eigenvalue weighted by Crippen LogP contribution is 2.28. The summed E-state index contributed by atoms with van der Waals surface area (Å²) in [5.74, 6) is -0.375. The second kappa shape index (κ2) is 8.20. The van der Waals surface area contributed by atoms with Crippen molar-refractivity contribution in [2.45, 2.75) is 38.3 Å². The van der Waals surface area contributed by atoms with E-state index in [4.69, 9.17) is 5.73 Å². The minimum Gasteiger partial charge on any atom is -0.366 e. The smallest absolute Gasteiger partial charge is 0.248 e. The highest BCUT2D eigenvalue weighted by molar-refractivity contribution is 5.97. The number of fused-ring (bicyclic) bond motifs is 2. The number of carbonyl (C=O) groups is 1. The van der Waals surface area contributed by atoms with Crippen LogP contribution in [0.4, 0.5) is 0 Å². The Bertz CT molecular complexity index is 1250. The Morgan fingerprint density at radius 1 is 1.03 bits per heavy atom. The van der Waals surface area contributed by atoms with E-state index in [1.54, 1.807) is 0 Å². The first-order valence-corrected chi connectivity index (χ1v) is 11.2. The predicted molar refractivity (Wildman–Crippen MR) is 127 cm³/mol. The normalized spacial score (nSPS) is 17.0. The van der Waals surface area contributed by atoms with Crippen LogP contribution in [0.2, 0.25) is 0 Å². The Morgan fingerprint density at radius 3 is 2.74 bits per heavy atom. The summed E-state index contributed by atoms with van der Waals surface area (Å²) in [6.45, 7) is 2.19. The molecule has 1 aromatic heterocycles. The van der Waals surface area contributed by atoms with Crippen LogP contribution in [0.5, 0.6) is 0 Å². The molecule has 0 saturated carbocycles. The molecule has 5 rings (SSSR count). The first-order valence-electron chi connectivity index (χ1n) is 11.2. The predicted octanol–water partition coefficient (Wildman–Crippen LogP) is 5.03. The number of aromatic nitrogens is 1. The summed E-state index contributed by atoms with van der Waals surface area (Å²) in [5, 5.41) is 3.86. The zero-order valence-electron chi connectivity index (χ0n) is 18.1. The van der Waals surface area contributed by atoms with E-state index >= 15 is 0 Å². The summed E-state index contributed by atoms with van der Waals surface area (Å²) >= 11 is 0. The molecule has 1 atom stereocenters. The van der Waals surface area contributed by atoms with Gasteiger partial charge in [0, 0.05) is 36.4 Å². The van der Waals surface area contributed by atoms with Crippen molar-refractivity contribution < 1.29 is 4.79 Å². The Hall–Kier alpha value is -3.11. The van der Waals surface area contributed by atoms with Gasteiger partial charge >= 0.3 is 0 Å². The highest BCUT2D eigenvalue weighted by atomic mass is 16.1. The van der Waals surface area contributed by atoms with Gasteiger partial charge in [0.05, 0.1) is 0 Å². The van der Waals surface area contributed by atoms with E-state index in [0.717, 1.165) is 24.9 Å². The minimum atomic E-state index is -0.375. The molecule has 2 heterocycles. The van der Waals surface area contributed by atoms with Gasteiger partial charge in [0.25, 0.3) is 0 Å². The van der Waals surface area contributed by atoms with Crippen LogP contribution in [0.25, 0.3) is 21.7 Å². The maximum Gasteiger partial charge on any atom is 0.248 e. The Morgan fingerprint density at radius 2 is 1.87 bits per heavy atom. The standard InChI is InChI=1S/C27H29N3O/c1-29-24(16-20-11-12-21(27(28)31)17-26(20)29)14-13-23-9-5-15-30(23)18-22-8-4-7-19-6-2-3-10-25(19)22/h2-4,6-8,10-12,16-17,23H,5,9,13-15,18H2,1H3,(H2,28,31)/t23-/m0/s1. The van der Waals surface area contributed by atoms with Gasteiger partial charge in [-0.2, -0.15) is 0 Å². The molecule has 0 spiro atoms. The summed E-state index contributed by atoms with van der Waals surface area (Å²) in [5.41, 5.74) is 9.84. The minimum absolute atomic E-state index is 0.375. The first kappa shape index (κ1) is 19.8. The third kappa shape index (κ3) is 3.84. The van der Waals surface area contributed by atoms with Crippen LogP contribution in [0.1, 0.15) is 40.9 Å². The third-order valence-corrected chi connectivity index (χ3v) is 6.92. The maximum absolute atomic E-state index is 11.5. The number of nitrogens with two attached hydrogens (primary N) is 1. The second-order valence-corrected chi connectivity index (χ2v) is 8.78. The quantitative estimate of drug-likeness (QED) is 0.484. The van der Waals surface area contributed by atoms with Gasteiger partial charge in [-0.25, -0.2) is 0 Å². The molecule has 4 nitrogen and oxygen atoms in total. The lowest BCUT2D eigenvalue weighted by Gasteiger charge is -2.25. The molecule has 4 aromatic rings. The molecule has 1 aliphatic heterocycles. The summed E-state index contributed by atoms with van der Waals surface area (Å²) in [7, 11) is 2.09. The summed E-state index contributed by atoms with van der Waals surface area (Å²) < 4.78 is 2.21. The lowest BCUT2D eigenvalue weighted by Crippen LogP contribution is -2.29. The molecule has 1 fully saturated rings. The van der Waals surface area contributed by atoms with Crippen LogP contribution >= 0.6 is 0 Å². The van der Waals surface area contributed by atoms with Gasteiger partial charge in [-0.05, 0) is 72.1 Å². The van der Waals surface area contributed by atoms with Crippen LogP contribution < -0.4 is 5.73 Å². The van der Waals surface area contributed by atoms with Gasteiger partial charge < -0.3 is 10.3 Å². The van der Waals surface area contributed by atoms with Gasteiger partial charge in [0.1, 0.15) is 0 Å². The van der Waals surface area contributed by atoms with Gasteiger partial charge in [-0.3, -0.25) is 9.69 Å². The molecule has 0 aliphatic carbocycles. The van der Waals surface area contributed by atoms with Crippen molar-refractivity contribution in [2.24, 2.45) is 12.8 Å². The van der Waals surface area contributed by atoms with E-state index in [-0.39, 0.29) is 5.91 Å². The number of benzene rings is 3. The molecule has 1 aliphatic rings. The number of carbonyl (C=O) groups excluding carboxylic acids is 1. The van der Waals surface area contributed by atoms with E-state index in [1.807, 2.05) is 18.2 Å². The summed E-state index contributed by atoms with van der Waals surface area (Å²) in [6, 6.07) is 23.9. The van der Waals surface area contributed by atoms with Crippen LogP contribution in [0.15, 0.2) is 66.7 Å².